The van der Waals surface area contributed by atoms with Gasteiger partial charge in [-0.25, -0.2) is 9.37 Å². The molecule has 10 heteroatoms. The number of thiocarbonyl (C=S) groups is 1. The molecule has 35 heavy (non-hydrogen) atoms. The molecule has 3 aromatic rings. The maximum absolute atomic E-state index is 13.5. The van der Waals surface area contributed by atoms with Crippen molar-refractivity contribution in [2.75, 3.05) is 11.9 Å². The van der Waals surface area contributed by atoms with Gasteiger partial charge in [0, 0.05) is 18.0 Å². The van der Waals surface area contributed by atoms with E-state index in [-0.39, 0.29) is 28.2 Å². The average molecular weight is 505 g/mol. The van der Waals surface area contributed by atoms with E-state index in [1.54, 1.807) is 42.5 Å². The van der Waals surface area contributed by atoms with Gasteiger partial charge in [-0.1, -0.05) is 49.6 Å². The van der Waals surface area contributed by atoms with Crippen LogP contribution in [0.3, 0.4) is 0 Å². The Kier molecular flexibility index (Phi) is 7.49. The van der Waals surface area contributed by atoms with Crippen molar-refractivity contribution in [3.63, 3.8) is 0 Å². The first kappa shape index (κ1) is 24.8. The van der Waals surface area contributed by atoms with Gasteiger partial charge in [-0.15, -0.1) is 0 Å². The van der Waals surface area contributed by atoms with Gasteiger partial charge in [0.05, 0.1) is 0 Å². The summed E-state index contributed by atoms with van der Waals surface area (Å²) in [5, 5.41) is 5.85. The zero-order chi connectivity index (χ0) is 24.9. The first-order chi connectivity index (χ1) is 16.7. The van der Waals surface area contributed by atoms with Crippen LogP contribution in [-0.4, -0.2) is 21.6 Å². The van der Waals surface area contributed by atoms with Crippen molar-refractivity contribution < 1.29 is 22.3 Å². The summed E-state index contributed by atoms with van der Waals surface area (Å²) in [6, 6.07) is 15.5. The third-order valence-electron chi connectivity index (χ3n) is 6.04. The zero-order valence-electron chi connectivity index (χ0n) is 18.7. The van der Waals surface area contributed by atoms with Crippen LogP contribution in [0.5, 0.6) is 11.6 Å². The highest BCUT2D eigenvalue weighted by molar-refractivity contribution is 7.80. The summed E-state index contributed by atoms with van der Waals surface area (Å²) in [6.07, 6.45) is 0.255. The lowest BCUT2D eigenvalue weighted by atomic mass is 9.69. The van der Waals surface area contributed by atoms with Gasteiger partial charge in [0.15, 0.2) is 10.8 Å². The Morgan fingerprint density at radius 2 is 1.66 bits per heavy atom. The lowest BCUT2D eigenvalue weighted by Crippen LogP contribution is -2.43. The van der Waals surface area contributed by atoms with E-state index >= 15 is 0 Å². The Labute approximate surface area is 205 Å². The van der Waals surface area contributed by atoms with Gasteiger partial charge in [0.1, 0.15) is 11.6 Å². The van der Waals surface area contributed by atoms with Crippen LogP contribution >= 0.6 is 12.2 Å². The second-order valence-electron chi connectivity index (χ2n) is 8.48. The first-order valence-corrected chi connectivity index (χ1v) is 11.6. The molecule has 0 spiro atoms. The molecule has 0 aliphatic heterocycles. The van der Waals surface area contributed by atoms with Gasteiger partial charge in [0.25, 0.3) is 0 Å². The summed E-state index contributed by atoms with van der Waals surface area (Å²) >= 11 is 5.35. The topological polar surface area (TPSA) is 59.1 Å². The Balaban J connectivity index is 1.50. The highest BCUT2D eigenvalue weighted by Gasteiger charge is 2.35. The third kappa shape index (κ3) is 6.45. The first-order valence-electron chi connectivity index (χ1n) is 11.2. The van der Waals surface area contributed by atoms with Crippen molar-refractivity contribution in [2.45, 2.75) is 43.7 Å². The molecular formula is C25H24F4N4OS. The van der Waals surface area contributed by atoms with Crippen LogP contribution in [0.25, 0.3) is 0 Å². The number of nitrogens with zero attached hydrogens (tertiary/aromatic N) is 2. The van der Waals surface area contributed by atoms with Gasteiger partial charge in [0.2, 0.25) is 11.8 Å². The minimum Gasteiger partial charge on any atom is -0.439 e. The van der Waals surface area contributed by atoms with E-state index in [2.05, 4.69) is 20.6 Å². The number of alkyl halides is 3. The lowest BCUT2D eigenvalue weighted by Gasteiger charge is -2.38. The van der Waals surface area contributed by atoms with Crippen molar-refractivity contribution in [1.82, 2.24) is 15.3 Å². The quantitative estimate of drug-likeness (QED) is 0.291. The minimum absolute atomic E-state index is 0.0852. The van der Waals surface area contributed by atoms with Crippen molar-refractivity contribution in [1.29, 1.82) is 0 Å². The Morgan fingerprint density at radius 3 is 2.31 bits per heavy atom. The molecule has 4 rings (SSSR count). The second-order valence-corrected chi connectivity index (χ2v) is 8.89. The molecule has 2 N–H and O–H groups in total. The molecule has 0 amide bonds. The number of benzene rings is 2. The molecule has 1 heterocycles. The zero-order valence-corrected chi connectivity index (χ0v) is 19.6. The highest BCUT2D eigenvalue weighted by atomic mass is 32.1. The molecule has 2 aromatic carbocycles. The number of ether oxygens (including phenoxy) is 1. The van der Waals surface area contributed by atoms with Gasteiger partial charge >= 0.3 is 6.18 Å². The van der Waals surface area contributed by atoms with E-state index in [0.717, 1.165) is 43.7 Å². The number of rotatable bonds is 6. The van der Waals surface area contributed by atoms with Crippen LogP contribution in [0.1, 0.15) is 43.4 Å². The normalized spacial score (nSPS) is 15.3. The molecule has 1 aromatic heterocycles. The van der Waals surface area contributed by atoms with Crippen LogP contribution in [0.2, 0.25) is 0 Å². The molecule has 1 saturated carbocycles. The van der Waals surface area contributed by atoms with E-state index in [1.165, 1.54) is 12.1 Å². The molecule has 5 nitrogen and oxygen atoms in total. The fourth-order valence-corrected chi connectivity index (χ4v) is 4.45. The smallest absolute Gasteiger partial charge is 0.433 e. The van der Waals surface area contributed by atoms with Crippen LogP contribution < -0.4 is 15.4 Å². The average Bonchev–Trinajstić information content (AvgIpc) is 2.84. The second kappa shape index (κ2) is 10.6. The number of hydrogen-bond donors (Lipinski definition) is 2. The molecule has 1 fully saturated rings. The van der Waals surface area contributed by atoms with Crippen LogP contribution in [0.4, 0.5) is 23.5 Å². The summed E-state index contributed by atoms with van der Waals surface area (Å²) in [5.41, 5.74) is -0.407. The standard InChI is InChI=1S/C25H24F4N4OS/c26-18-11-9-17(10-12-18)24(13-5-2-6-14-24)16-30-23(35)33-22-31-20(25(27,28)29)15-21(32-22)34-19-7-3-1-4-8-19/h1,3-4,7-12,15H,2,5-6,13-14,16H2,(H2,30,31,32,33,35). The Hall–Kier alpha value is -3.27. The van der Waals surface area contributed by atoms with Gasteiger partial charge < -0.3 is 15.4 Å². The van der Waals surface area contributed by atoms with Gasteiger partial charge in [-0.05, 0) is 54.9 Å². The summed E-state index contributed by atoms with van der Waals surface area (Å²) < 4.78 is 59.3. The molecule has 0 bridgehead atoms. The maximum Gasteiger partial charge on any atom is 0.433 e. The van der Waals surface area contributed by atoms with Gasteiger partial charge in [-0.3, -0.25) is 0 Å². The summed E-state index contributed by atoms with van der Waals surface area (Å²) in [4.78, 5) is 7.62. The molecule has 184 valence electrons. The monoisotopic (exact) mass is 504 g/mol. The lowest BCUT2D eigenvalue weighted by molar-refractivity contribution is -0.141. The number of halogens is 4. The minimum atomic E-state index is -4.70. The van der Waals surface area contributed by atoms with E-state index in [4.69, 9.17) is 17.0 Å². The molecule has 0 radical (unpaired) electrons. The van der Waals surface area contributed by atoms with Crippen LogP contribution in [0, 0.1) is 5.82 Å². The highest BCUT2D eigenvalue weighted by Crippen LogP contribution is 2.39. The van der Waals surface area contributed by atoms with E-state index in [9.17, 15) is 17.6 Å². The summed E-state index contributed by atoms with van der Waals surface area (Å²) in [7, 11) is 0. The van der Waals surface area contributed by atoms with Crippen molar-refractivity contribution in [3.05, 3.63) is 77.7 Å². The maximum atomic E-state index is 13.5. The molecular weight excluding hydrogens is 480 g/mol. The van der Waals surface area contributed by atoms with Crippen molar-refractivity contribution in [3.8, 4) is 11.6 Å². The molecule has 0 saturated heterocycles. The van der Waals surface area contributed by atoms with Crippen LogP contribution in [0.15, 0.2) is 60.7 Å². The van der Waals surface area contributed by atoms with E-state index in [0.29, 0.717) is 12.3 Å². The predicted molar refractivity (Wildman–Crippen MR) is 129 cm³/mol. The Morgan fingerprint density at radius 1 is 0.971 bits per heavy atom. The SMILES string of the molecule is Fc1ccc(C2(CNC(=S)Nc3nc(Oc4ccccc4)cc(C(F)(F)F)n3)CCCCC2)cc1. The predicted octanol–water partition coefficient (Wildman–Crippen LogP) is 6.62. The molecule has 1 aliphatic rings. The molecule has 1 aliphatic carbocycles. The number of aromatic nitrogens is 2. The fraction of sp³-hybridized carbons (Fsp3) is 0.320. The fourth-order valence-electron chi connectivity index (χ4n) is 4.28. The van der Waals surface area contributed by atoms with Crippen molar-refractivity contribution >= 4 is 23.3 Å². The van der Waals surface area contributed by atoms with E-state index in [1.807, 2.05) is 0 Å². The summed E-state index contributed by atoms with van der Waals surface area (Å²) in [6.45, 7) is 0.441. The number of nitrogens with one attached hydrogen (secondary N) is 2. The van der Waals surface area contributed by atoms with Crippen molar-refractivity contribution in [2.24, 2.45) is 0 Å². The molecule has 0 unspecified atom stereocenters. The van der Waals surface area contributed by atoms with Gasteiger partial charge in [-0.2, -0.15) is 18.2 Å². The number of anilines is 1. The third-order valence-corrected chi connectivity index (χ3v) is 6.29. The molecule has 0 atom stereocenters. The Bertz CT molecular complexity index is 1150. The summed E-state index contributed by atoms with van der Waals surface area (Å²) in [5.74, 6) is -0.564. The van der Waals surface area contributed by atoms with Crippen LogP contribution in [-0.2, 0) is 11.6 Å². The number of hydrogen-bond acceptors (Lipinski definition) is 4. The number of para-hydroxylation sites is 1. The van der Waals surface area contributed by atoms with E-state index < -0.39 is 11.9 Å². The largest absolute Gasteiger partial charge is 0.439 e.